The largest absolute Gasteiger partial charge is 0.371 e. The van der Waals surface area contributed by atoms with Crippen LogP contribution in [0.5, 0.6) is 0 Å². The fraction of sp³-hybridized carbons (Fsp3) is 0.333. The molecule has 0 atom stereocenters. The van der Waals surface area contributed by atoms with Crippen molar-refractivity contribution >= 4 is 23.4 Å². The molecule has 0 aliphatic carbocycles. The summed E-state index contributed by atoms with van der Waals surface area (Å²) < 4.78 is 0. The first kappa shape index (κ1) is 9.60. The minimum atomic E-state index is 0.796. The lowest BCUT2D eigenvalue weighted by molar-refractivity contribution is 0.949. The van der Waals surface area contributed by atoms with E-state index in [0.717, 1.165) is 23.7 Å². The molecule has 1 aliphatic rings. The van der Waals surface area contributed by atoms with E-state index in [0.29, 0.717) is 0 Å². The molecule has 1 aromatic rings. The average molecular weight is 208 g/mol. The van der Waals surface area contributed by atoms with E-state index in [1.165, 1.54) is 18.5 Å². The molecule has 1 fully saturated rings. The summed E-state index contributed by atoms with van der Waals surface area (Å²) in [6.45, 7) is 6.03. The quantitative estimate of drug-likeness (QED) is 0.717. The molecule has 0 saturated carbocycles. The van der Waals surface area contributed by atoms with Crippen LogP contribution in [0.2, 0.25) is 5.02 Å². The fourth-order valence-corrected chi connectivity index (χ4v) is 2.11. The van der Waals surface area contributed by atoms with E-state index in [-0.39, 0.29) is 0 Å². The summed E-state index contributed by atoms with van der Waals surface area (Å²) in [6, 6.07) is 6.18. The van der Waals surface area contributed by atoms with Crippen LogP contribution in [0.25, 0.3) is 6.08 Å². The number of hydrogen-bond donors (Lipinski definition) is 0. The van der Waals surface area contributed by atoms with Gasteiger partial charge < -0.3 is 4.90 Å². The van der Waals surface area contributed by atoms with E-state index < -0.39 is 0 Å². The Morgan fingerprint density at radius 2 is 2.00 bits per heavy atom. The summed E-state index contributed by atoms with van der Waals surface area (Å²) in [7, 11) is 0. The van der Waals surface area contributed by atoms with Crippen molar-refractivity contribution in [2.24, 2.45) is 0 Å². The average Bonchev–Trinajstić information content (AvgIpc) is 2.70. The molecule has 0 radical (unpaired) electrons. The van der Waals surface area contributed by atoms with E-state index in [4.69, 9.17) is 11.6 Å². The van der Waals surface area contributed by atoms with Crippen LogP contribution in [0.4, 0.5) is 5.69 Å². The summed E-state index contributed by atoms with van der Waals surface area (Å²) in [5.41, 5.74) is 2.24. The lowest BCUT2D eigenvalue weighted by atomic mass is 10.2. The normalized spacial score (nSPS) is 15.9. The number of halogens is 1. The van der Waals surface area contributed by atoms with Gasteiger partial charge in [-0.1, -0.05) is 30.3 Å². The van der Waals surface area contributed by atoms with Crippen molar-refractivity contribution in [2.75, 3.05) is 18.0 Å². The highest BCUT2D eigenvalue weighted by Gasteiger charge is 2.12. The molecular weight excluding hydrogens is 194 g/mol. The Morgan fingerprint density at radius 1 is 1.29 bits per heavy atom. The first-order chi connectivity index (χ1) is 6.81. The van der Waals surface area contributed by atoms with Gasteiger partial charge in [0.25, 0.3) is 0 Å². The molecule has 1 aromatic carbocycles. The van der Waals surface area contributed by atoms with Gasteiger partial charge in [-0.2, -0.15) is 0 Å². The maximum absolute atomic E-state index is 6.11. The van der Waals surface area contributed by atoms with Gasteiger partial charge >= 0.3 is 0 Å². The molecule has 2 rings (SSSR count). The Balaban J connectivity index is 2.27. The molecule has 1 saturated heterocycles. The van der Waals surface area contributed by atoms with Crippen LogP contribution < -0.4 is 4.90 Å². The maximum atomic E-state index is 6.11. The SMILES string of the molecule is C=Cc1ccc(N2CCCC2)cc1Cl. The summed E-state index contributed by atoms with van der Waals surface area (Å²) in [6.07, 6.45) is 4.37. The molecule has 14 heavy (non-hydrogen) atoms. The Hall–Kier alpha value is -0.950. The zero-order valence-corrected chi connectivity index (χ0v) is 8.93. The lowest BCUT2D eigenvalue weighted by Gasteiger charge is -2.18. The van der Waals surface area contributed by atoms with Crippen LogP contribution in [0, 0.1) is 0 Å². The first-order valence-electron chi connectivity index (χ1n) is 4.98. The molecule has 74 valence electrons. The third-order valence-electron chi connectivity index (χ3n) is 2.68. The second-order valence-electron chi connectivity index (χ2n) is 3.60. The Bertz CT molecular complexity index is 340. The van der Waals surface area contributed by atoms with E-state index in [1.807, 2.05) is 12.1 Å². The van der Waals surface area contributed by atoms with Crippen molar-refractivity contribution in [3.05, 3.63) is 35.4 Å². The molecular formula is C12H14ClN. The van der Waals surface area contributed by atoms with Gasteiger partial charge in [-0.25, -0.2) is 0 Å². The van der Waals surface area contributed by atoms with Crippen molar-refractivity contribution in [1.82, 2.24) is 0 Å². The molecule has 0 amide bonds. The van der Waals surface area contributed by atoms with Crippen molar-refractivity contribution in [3.8, 4) is 0 Å². The molecule has 1 aliphatic heterocycles. The first-order valence-corrected chi connectivity index (χ1v) is 5.36. The third kappa shape index (κ3) is 1.78. The number of rotatable bonds is 2. The van der Waals surface area contributed by atoms with Gasteiger partial charge in [0.05, 0.1) is 0 Å². The standard InChI is InChI=1S/C12H14ClN/c1-2-10-5-6-11(9-12(10)13)14-7-3-4-8-14/h2,5-6,9H,1,3-4,7-8H2. The van der Waals surface area contributed by atoms with Crippen LogP contribution in [0.3, 0.4) is 0 Å². The van der Waals surface area contributed by atoms with E-state index in [1.54, 1.807) is 6.08 Å². The van der Waals surface area contributed by atoms with Gasteiger partial charge in [0, 0.05) is 23.8 Å². The monoisotopic (exact) mass is 207 g/mol. The Labute approximate surface area is 90.0 Å². The smallest absolute Gasteiger partial charge is 0.0498 e. The van der Waals surface area contributed by atoms with Crippen molar-refractivity contribution in [3.63, 3.8) is 0 Å². The Morgan fingerprint density at radius 3 is 2.57 bits per heavy atom. The predicted octanol–water partition coefficient (Wildman–Crippen LogP) is 3.58. The Kier molecular flexibility index (Phi) is 2.78. The number of nitrogens with zero attached hydrogens (tertiary/aromatic N) is 1. The van der Waals surface area contributed by atoms with Gasteiger partial charge in [-0.05, 0) is 30.5 Å². The molecule has 0 unspecified atom stereocenters. The summed E-state index contributed by atoms with van der Waals surface area (Å²) in [4.78, 5) is 2.37. The highest BCUT2D eigenvalue weighted by atomic mass is 35.5. The molecule has 0 spiro atoms. The predicted molar refractivity (Wildman–Crippen MR) is 63.0 cm³/mol. The van der Waals surface area contributed by atoms with E-state index in [2.05, 4.69) is 17.5 Å². The molecule has 2 heteroatoms. The zero-order chi connectivity index (χ0) is 9.97. The van der Waals surface area contributed by atoms with Crippen molar-refractivity contribution in [2.45, 2.75) is 12.8 Å². The highest BCUT2D eigenvalue weighted by molar-refractivity contribution is 6.32. The number of anilines is 1. The van der Waals surface area contributed by atoms with Gasteiger partial charge in [0.1, 0.15) is 0 Å². The molecule has 0 aromatic heterocycles. The van der Waals surface area contributed by atoms with Crippen LogP contribution in [-0.2, 0) is 0 Å². The molecule has 0 N–H and O–H groups in total. The van der Waals surface area contributed by atoms with Gasteiger partial charge in [-0.3, -0.25) is 0 Å². The van der Waals surface area contributed by atoms with Crippen LogP contribution in [-0.4, -0.2) is 13.1 Å². The molecule has 0 bridgehead atoms. The minimum Gasteiger partial charge on any atom is -0.371 e. The van der Waals surface area contributed by atoms with E-state index >= 15 is 0 Å². The fourth-order valence-electron chi connectivity index (χ4n) is 1.85. The van der Waals surface area contributed by atoms with Crippen LogP contribution in [0.1, 0.15) is 18.4 Å². The topological polar surface area (TPSA) is 3.24 Å². The summed E-state index contributed by atoms with van der Waals surface area (Å²) in [5.74, 6) is 0. The third-order valence-corrected chi connectivity index (χ3v) is 3.00. The number of hydrogen-bond acceptors (Lipinski definition) is 1. The zero-order valence-electron chi connectivity index (χ0n) is 8.17. The second-order valence-corrected chi connectivity index (χ2v) is 4.01. The van der Waals surface area contributed by atoms with Gasteiger partial charge in [-0.15, -0.1) is 0 Å². The molecule has 1 heterocycles. The minimum absolute atomic E-state index is 0.796. The van der Waals surface area contributed by atoms with Gasteiger partial charge in [0.2, 0.25) is 0 Å². The summed E-state index contributed by atoms with van der Waals surface area (Å²) >= 11 is 6.11. The number of benzene rings is 1. The van der Waals surface area contributed by atoms with Crippen molar-refractivity contribution in [1.29, 1.82) is 0 Å². The second kappa shape index (κ2) is 4.05. The highest BCUT2D eigenvalue weighted by Crippen LogP contribution is 2.26. The van der Waals surface area contributed by atoms with Crippen LogP contribution >= 0.6 is 11.6 Å². The maximum Gasteiger partial charge on any atom is 0.0498 e. The van der Waals surface area contributed by atoms with Gasteiger partial charge in [0.15, 0.2) is 0 Å². The molecule has 1 nitrogen and oxygen atoms in total. The lowest BCUT2D eigenvalue weighted by Crippen LogP contribution is -2.17. The van der Waals surface area contributed by atoms with Crippen molar-refractivity contribution < 1.29 is 0 Å². The van der Waals surface area contributed by atoms with E-state index in [9.17, 15) is 0 Å². The summed E-state index contributed by atoms with van der Waals surface area (Å²) in [5, 5.41) is 0.796. The van der Waals surface area contributed by atoms with Crippen LogP contribution in [0.15, 0.2) is 24.8 Å².